The fourth-order valence-electron chi connectivity index (χ4n) is 4.34. The Balaban J connectivity index is 1.46. The topological polar surface area (TPSA) is 53.1 Å². The molecule has 0 spiro atoms. The minimum Gasteiger partial charge on any atom is -0.497 e. The molecule has 6 nitrogen and oxygen atoms in total. The van der Waals surface area contributed by atoms with E-state index in [4.69, 9.17) is 4.74 Å². The Hall–Kier alpha value is -2.08. The van der Waals surface area contributed by atoms with Crippen LogP contribution in [0.5, 0.6) is 5.75 Å². The number of nitrogens with zero attached hydrogens (tertiary/aromatic N) is 3. The third-order valence-corrected chi connectivity index (χ3v) is 6.13. The van der Waals surface area contributed by atoms with Gasteiger partial charge in [-0.2, -0.15) is 0 Å². The van der Waals surface area contributed by atoms with Gasteiger partial charge in [0.25, 0.3) is 0 Å². The molecule has 0 aliphatic carbocycles. The number of benzene rings is 1. The SMILES string of the molecule is CCCC(=O)N1CCC(C(=O)N2CCCN(Cc3ccc(OC)cc3)CC2)CC1. The second-order valence-electron chi connectivity index (χ2n) is 8.21. The smallest absolute Gasteiger partial charge is 0.225 e. The van der Waals surface area contributed by atoms with Crippen molar-refractivity contribution in [2.24, 2.45) is 5.92 Å². The number of ether oxygens (including phenoxy) is 1. The van der Waals surface area contributed by atoms with Gasteiger partial charge in [0.15, 0.2) is 0 Å². The number of carbonyl (C=O) groups excluding carboxylic acids is 2. The minimum absolute atomic E-state index is 0.0776. The van der Waals surface area contributed by atoms with Crippen LogP contribution in [-0.2, 0) is 16.1 Å². The first-order valence-electron chi connectivity index (χ1n) is 11.0. The molecule has 29 heavy (non-hydrogen) atoms. The van der Waals surface area contributed by atoms with Crippen LogP contribution in [0.15, 0.2) is 24.3 Å². The van der Waals surface area contributed by atoms with Crippen LogP contribution in [0, 0.1) is 5.92 Å². The van der Waals surface area contributed by atoms with E-state index in [2.05, 4.69) is 21.9 Å². The third-order valence-electron chi connectivity index (χ3n) is 6.13. The standard InChI is InChI=1S/C23H35N3O3/c1-3-5-22(27)25-14-10-20(11-15-25)23(28)26-13-4-12-24(16-17-26)18-19-6-8-21(29-2)9-7-19/h6-9,20H,3-5,10-18H2,1-2H3. The zero-order valence-corrected chi connectivity index (χ0v) is 17.9. The quantitative estimate of drug-likeness (QED) is 0.736. The second kappa shape index (κ2) is 10.6. The molecule has 0 aromatic heterocycles. The predicted molar refractivity (Wildman–Crippen MR) is 114 cm³/mol. The predicted octanol–water partition coefficient (Wildman–Crippen LogP) is 2.77. The summed E-state index contributed by atoms with van der Waals surface area (Å²) in [5, 5.41) is 0. The fraction of sp³-hybridized carbons (Fsp3) is 0.652. The van der Waals surface area contributed by atoms with E-state index in [1.165, 1.54) is 5.56 Å². The number of piperidine rings is 1. The molecule has 2 heterocycles. The number of carbonyl (C=O) groups is 2. The molecule has 0 saturated carbocycles. The lowest BCUT2D eigenvalue weighted by atomic mass is 9.95. The average molecular weight is 402 g/mol. The average Bonchev–Trinajstić information content (AvgIpc) is 2.99. The molecule has 0 atom stereocenters. The van der Waals surface area contributed by atoms with Gasteiger partial charge in [-0.25, -0.2) is 0 Å². The summed E-state index contributed by atoms with van der Waals surface area (Å²) in [6, 6.07) is 8.22. The van der Waals surface area contributed by atoms with Crippen LogP contribution in [-0.4, -0.2) is 72.9 Å². The zero-order chi connectivity index (χ0) is 20.6. The zero-order valence-electron chi connectivity index (χ0n) is 17.9. The van der Waals surface area contributed by atoms with Gasteiger partial charge < -0.3 is 14.5 Å². The molecule has 2 aliphatic rings. The highest BCUT2D eigenvalue weighted by molar-refractivity contribution is 5.80. The Morgan fingerprint density at radius 2 is 1.69 bits per heavy atom. The summed E-state index contributed by atoms with van der Waals surface area (Å²) in [6.07, 6.45) is 4.13. The monoisotopic (exact) mass is 401 g/mol. The van der Waals surface area contributed by atoms with Crippen molar-refractivity contribution in [2.45, 2.75) is 45.6 Å². The molecule has 0 bridgehead atoms. The summed E-state index contributed by atoms with van der Waals surface area (Å²) in [7, 11) is 1.68. The van der Waals surface area contributed by atoms with Gasteiger partial charge in [-0.15, -0.1) is 0 Å². The lowest BCUT2D eigenvalue weighted by molar-refractivity contribution is -0.140. The largest absolute Gasteiger partial charge is 0.497 e. The fourth-order valence-corrected chi connectivity index (χ4v) is 4.34. The molecule has 0 N–H and O–H groups in total. The van der Waals surface area contributed by atoms with Crippen LogP contribution >= 0.6 is 0 Å². The molecular weight excluding hydrogens is 366 g/mol. The van der Waals surface area contributed by atoms with Gasteiger partial charge >= 0.3 is 0 Å². The van der Waals surface area contributed by atoms with Crippen LogP contribution in [0.4, 0.5) is 0 Å². The lowest BCUT2D eigenvalue weighted by Gasteiger charge is -2.34. The van der Waals surface area contributed by atoms with Crippen LogP contribution < -0.4 is 4.74 Å². The van der Waals surface area contributed by atoms with Gasteiger partial charge in [0.2, 0.25) is 11.8 Å². The normalized spacial score (nSPS) is 19.1. The Bertz CT molecular complexity index is 668. The lowest BCUT2D eigenvalue weighted by Crippen LogP contribution is -2.45. The molecule has 6 heteroatoms. The first-order chi connectivity index (χ1) is 14.1. The minimum atomic E-state index is 0.0776. The number of rotatable bonds is 6. The molecule has 0 unspecified atom stereocenters. The molecule has 1 aromatic carbocycles. The Morgan fingerprint density at radius 1 is 0.966 bits per heavy atom. The first kappa shape index (κ1) is 21.6. The first-order valence-corrected chi connectivity index (χ1v) is 11.0. The van der Waals surface area contributed by atoms with Crippen molar-refractivity contribution in [2.75, 3.05) is 46.4 Å². The number of hydrogen-bond donors (Lipinski definition) is 0. The molecule has 2 aliphatic heterocycles. The highest BCUT2D eigenvalue weighted by Crippen LogP contribution is 2.22. The number of amides is 2. The summed E-state index contributed by atoms with van der Waals surface area (Å²) in [4.78, 5) is 31.5. The van der Waals surface area contributed by atoms with E-state index in [0.717, 1.165) is 77.2 Å². The van der Waals surface area contributed by atoms with Gasteiger partial charge in [0, 0.05) is 58.2 Å². The molecule has 160 valence electrons. The van der Waals surface area contributed by atoms with Crippen molar-refractivity contribution in [3.63, 3.8) is 0 Å². The van der Waals surface area contributed by atoms with Gasteiger partial charge in [-0.05, 0) is 43.4 Å². The van der Waals surface area contributed by atoms with E-state index < -0.39 is 0 Å². The number of methoxy groups -OCH3 is 1. The molecule has 0 radical (unpaired) electrons. The summed E-state index contributed by atoms with van der Waals surface area (Å²) < 4.78 is 5.23. The van der Waals surface area contributed by atoms with Crippen LogP contribution in [0.1, 0.15) is 44.6 Å². The van der Waals surface area contributed by atoms with Crippen molar-refractivity contribution in [3.8, 4) is 5.75 Å². The third kappa shape index (κ3) is 5.95. The Kier molecular flexibility index (Phi) is 7.92. The second-order valence-corrected chi connectivity index (χ2v) is 8.21. The van der Waals surface area contributed by atoms with E-state index in [-0.39, 0.29) is 11.8 Å². The Morgan fingerprint density at radius 3 is 2.34 bits per heavy atom. The van der Waals surface area contributed by atoms with Crippen LogP contribution in [0.3, 0.4) is 0 Å². The summed E-state index contributed by atoms with van der Waals surface area (Å²) in [5.74, 6) is 1.49. The van der Waals surface area contributed by atoms with E-state index in [1.54, 1.807) is 7.11 Å². The van der Waals surface area contributed by atoms with E-state index in [9.17, 15) is 9.59 Å². The Labute approximate surface area is 174 Å². The molecule has 3 rings (SSSR count). The molecular formula is C23H35N3O3. The van der Waals surface area contributed by atoms with Crippen molar-refractivity contribution in [3.05, 3.63) is 29.8 Å². The maximum absolute atomic E-state index is 13.0. The highest BCUT2D eigenvalue weighted by Gasteiger charge is 2.30. The van der Waals surface area contributed by atoms with Gasteiger partial charge in [-0.1, -0.05) is 19.1 Å². The molecule has 1 aromatic rings. The van der Waals surface area contributed by atoms with Gasteiger partial charge in [0.05, 0.1) is 7.11 Å². The summed E-state index contributed by atoms with van der Waals surface area (Å²) in [5.41, 5.74) is 1.27. The van der Waals surface area contributed by atoms with Crippen molar-refractivity contribution >= 4 is 11.8 Å². The summed E-state index contributed by atoms with van der Waals surface area (Å²) >= 11 is 0. The highest BCUT2D eigenvalue weighted by atomic mass is 16.5. The van der Waals surface area contributed by atoms with Crippen molar-refractivity contribution in [1.82, 2.24) is 14.7 Å². The van der Waals surface area contributed by atoms with Crippen LogP contribution in [0.2, 0.25) is 0 Å². The maximum Gasteiger partial charge on any atom is 0.225 e. The van der Waals surface area contributed by atoms with E-state index in [1.807, 2.05) is 24.0 Å². The number of hydrogen-bond acceptors (Lipinski definition) is 4. The molecule has 2 saturated heterocycles. The van der Waals surface area contributed by atoms with Crippen molar-refractivity contribution in [1.29, 1.82) is 0 Å². The van der Waals surface area contributed by atoms with E-state index in [0.29, 0.717) is 12.3 Å². The summed E-state index contributed by atoms with van der Waals surface area (Å²) in [6.45, 7) is 7.96. The molecule has 2 fully saturated rings. The van der Waals surface area contributed by atoms with Crippen LogP contribution in [0.25, 0.3) is 0 Å². The van der Waals surface area contributed by atoms with Crippen molar-refractivity contribution < 1.29 is 14.3 Å². The maximum atomic E-state index is 13.0. The van der Waals surface area contributed by atoms with E-state index >= 15 is 0 Å². The number of likely N-dealkylation sites (tertiary alicyclic amines) is 1. The van der Waals surface area contributed by atoms with Gasteiger partial charge in [-0.3, -0.25) is 14.5 Å². The molecule has 2 amide bonds. The van der Waals surface area contributed by atoms with Gasteiger partial charge in [0.1, 0.15) is 5.75 Å².